The molecule has 0 aromatic rings. The molecule has 0 saturated carbocycles. The Labute approximate surface area is 121 Å². The highest BCUT2D eigenvalue weighted by atomic mass is 16.4. The summed E-state index contributed by atoms with van der Waals surface area (Å²) < 4.78 is 0. The summed E-state index contributed by atoms with van der Waals surface area (Å²) in [5.74, 6) is 2.04. The maximum atomic E-state index is 11.9. The van der Waals surface area contributed by atoms with Crippen LogP contribution in [0.25, 0.3) is 0 Å². The molecule has 5 nitrogen and oxygen atoms in total. The topological polar surface area (TPSA) is 69.6 Å². The predicted molar refractivity (Wildman–Crippen MR) is 79.4 cm³/mol. The van der Waals surface area contributed by atoms with Crippen LogP contribution in [0, 0.1) is 18.3 Å². The van der Waals surface area contributed by atoms with Crippen LogP contribution in [0.5, 0.6) is 0 Å². The quantitative estimate of drug-likeness (QED) is 0.604. The molecule has 0 aliphatic heterocycles. The first kappa shape index (κ1) is 18.3. The summed E-state index contributed by atoms with van der Waals surface area (Å²) in [6, 6.07) is -0.141. The van der Waals surface area contributed by atoms with Gasteiger partial charge in [-0.05, 0) is 25.2 Å². The number of amides is 2. The average Bonchev–Trinajstić information content (AvgIpc) is 2.41. The van der Waals surface area contributed by atoms with Crippen molar-refractivity contribution >= 4 is 12.0 Å². The SMILES string of the molecule is C#CCN(CCC)C(=O)NCCC(CC)CCC(=O)O. The Morgan fingerprint density at radius 1 is 1.35 bits per heavy atom. The van der Waals surface area contributed by atoms with E-state index >= 15 is 0 Å². The molecule has 0 bridgehead atoms. The van der Waals surface area contributed by atoms with Crippen molar-refractivity contribution < 1.29 is 14.7 Å². The molecule has 2 amide bonds. The fourth-order valence-electron chi connectivity index (χ4n) is 2.01. The maximum absolute atomic E-state index is 11.9. The first-order valence-electron chi connectivity index (χ1n) is 7.23. The van der Waals surface area contributed by atoms with Crippen LogP contribution >= 0.6 is 0 Å². The summed E-state index contributed by atoms with van der Waals surface area (Å²) in [4.78, 5) is 24.0. The van der Waals surface area contributed by atoms with Gasteiger partial charge in [-0.1, -0.05) is 26.2 Å². The van der Waals surface area contributed by atoms with Crippen LogP contribution in [0.4, 0.5) is 4.79 Å². The molecule has 114 valence electrons. The highest BCUT2D eigenvalue weighted by molar-refractivity contribution is 5.74. The summed E-state index contributed by atoms with van der Waals surface area (Å²) >= 11 is 0. The van der Waals surface area contributed by atoms with Crippen molar-refractivity contribution in [2.75, 3.05) is 19.6 Å². The molecule has 2 N–H and O–H groups in total. The molecule has 0 spiro atoms. The summed E-state index contributed by atoms with van der Waals surface area (Å²) in [6.45, 7) is 5.55. The first-order chi connectivity index (χ1) is 9.54. The van der Waals surface area contributed by atoms with E-state index < -0.39 is 5.97 Å². The number of aliphatic carboxylic acids is 1. The third kappa shape index (κ3) is 8.41. The van der Waals surface area contributed by atoms with Gasteiger partial charge in [-0.2, -0.15) is 0 Å². The number of carbonyl (C=O) groups excluding carboxylic acids is 1. The van der Waals surface area contributed by atoms with E-state index in [2.05, 4.69) is 11.2 Å². The summed E-state index contributed by atoms with van der Waals surface area (Å²) in [5.41, 5.74) is 0. The Hall–Kier alpha value is -1.70. The smallest absolute Gasteiger partial charge is 0.318 e. The minimum absolute atomic E-state index is 0.141. The third-order valence-electron chi connectivity index (χ3n) is 3.24. The van der Waals surface area contributed by atoms with E-state index in [1.807, 2.05) is 13.8 Å². The lowest BCUT2D eigenvalue weighted by Gasteiger charge is -2.21. The van der Waals surface area contributed by atoms with Crippen molar-refractivity contribution in [3.8, 4) is 12.3 Å². The molecule has 0 aliphatic rings. The Balaban J connectivity index is 4.03. The molecule has 0 aromatic heterocycles. The van der Waals surface area contributed by atoms with Gasteiger partial charge in [-0.3, -0.25) is 4.79 Å². The van der Waals surface area contributed by atoms with Gasteiger partial charge in [0.1, 0.15) is 0 Å². The van der Waals surface area contributed by atoms with Gasteiger partial charge in [-0.15, -0.1) is 6.42 Å². The number of terminal acetylenes is 1. The van der Waals surface area contributed by atoms with Crippen LogP contribution in [0.15, 0.2) is 0 Å². The van der Waals surface area contributed by atoms with Gasteiger partial charge >= 0.3 is 12.0 Å². The minimum atomic E-state index is -0.768. The molecular weight excluding hydrogens is 256 g/mol. The number of nitrogens with zero attached hydrogens (tertiary/aromatic N) is 1. The van der Waals surface area contributed by atoms with E-state index in [-0.39, 0.29) is 12.5 Å². The van der Waals surface area contributed by atoms with Gasteiger partial charge in [0, 0.05) is 19.5 Å². The molecule has 20 heavy (non-hydrogen) atoms. The van der Waals surface area contributed by atoms with Gasteiger partial charge in [0.15, 0.2) is 0 Å². The lowest BCUT2D eigenvalue weighted by molar-refractivity contribution is -0.137. The average molecular weight is 282 g/mol. The number of carboxylic acid groups (broad SMARTS) is 1. The number of carboxylic acids is 1. The molecule has 0 radical (unpaired) electrons. The van der Waals surface area contributed by atoms with Crippen LogP contribution in [-0.4, -0.2) is 41.6 Å². The van der Waals surface area contributed by atoms with Gasteiger partial charge in [0.25, 0.3) is 0 Å². The third-order valence-corrected chi connectivity index (χ3v) is 3.24. The number of carbonyl (C=O) groups is 2. The van der Waals surface area contributed by atoms with E-state index in [4.69, 9.17) is 11.5 Å². The van der Waals surface area contributed by atoms with Crippen molar-refractivity contribution in [2.45, 2.75) is 46.0 Å². The van der Waals surface area contributed by atoms with Crippen LogP contribution in [0.3, 0.4) is 0 Å². The Morgan fingerprint density at radius 3 is 2.55 bits per heavy atom. The predicted octanol–water partition coefficient (Wildman–Crippen LogP) is 2.32. The zero-order valence-corrected chi connectivity index (χ0v) is 12.5. The fraction of sp³-hybridized carbons (Fsp3) is 0.733. The number of hydrogen-bond donors (Lipinski definition) is 2. The lowest BCUT2D eigenvalue weighted by Crippen LogP contribution is -2.41. The maximum Gasteiger partial charge on any atom is 0.318 e. The van der Waals surface area contributed by atoms with E-state index in [1.54, 1.807) is 4.90 Å². The summed E-state index contributed by atoms with van der Waals surface area (Å²) in [5, 5.41) is 11.5. The van der Waals surface area contributed by atoms with Crippen LogP contribution < -0.4 is 5.32 Å². The molecule has 0 heterocycles. The van der Waals surface area contributed by atoms with Crippen LogP contribution in [-0.2, 0) is 4.79 Å². The number of hydrogen-bond acceptors (Lipinski definition) is 2. The van der Waals surface area contributed by atoms with E-state index in [0.29, 0.717) is 32.0 Å². The number of rotatable bonds is 10. The monoisotopic (exact) mass is 282 g/mol. The van der Waals surface area contributed by atoms with E-state index in [0.717, 1.165) is 19.3 Å². The zero-order valence-electron chi connectivity index (χ0n) is 12.5. The largest absolute Gasteiger partial charge is 0.481 e. The molecule has 0 rings (SSSR count). The van der Waals surface area contributed by atoms with Gasteiger partial charge in [-0.25, -0.2) is 4.79 Å². The number of urea groups is 1. The van der Waals surface area contributed by atoms with Crippen molar-refractivity contribution in [1.29, 1.82) is 0 Å². The highest BCUT2D eigenvalue weighted by Crippen LogP contribution is 2.14. The van der Waals surface area contributed by atoms with Crippen molar-refractivity contribution in [3.05, 3.63) is 0 Å². The summed E-state index contributed by atoms with van der Waals surface area (Å²) in [7, 11) is 0. The van der Waals surface area contributed by atoms with E-state index in [9.17, 15) is 9.59 Å². The second-order valence-electron chi connectivity index (χ2n) is 4.85. The van der Waals surface area contributed by atoms with Crippen molar-refractivity contribution in [1.82, 2.24) is 10.2 Å². The van der Waals surface area contributed by atoms with E-state index in [1.165, 1.54) is 0 Å². The lowest BCUT2D eigenvalue weighted by atomic mass is 9.97. The van der Waals surface area contributed by atoms with Crippen molar-refractivity contribution in [2.24, 2.45) is 5.92 Å². The van der Waals surface area contributed by atoms with Gasteiger partial charge < -0.3 is 15.3 Å². The molecule has 1 unspecified atom stereocenters. The van der Waals surface area contributed by atoms with Crippen LogP contribution in [0.1, 0.15) is 46.0 Å². The second-order valence-corrected chi connectivity index (χ2v) is 4.85. The minimum Gasteiger partial charge on any atom is -0.481 e. The normalized spacial score (nSPS) is 11.4. The Bertz CT molecular complexity index is 337. The summed E-state index contributed by atoms with van der Waals surface area (Å²) in [6.07, 6.45) is 8.67. The molecule has 0 aliphatic carbocycles. The fourth-order valence-corrected chi connectivity index (χ4v) is 2.01. The zero-order chi connectivity index (χ0) is 15.4. The Morgan fingerprint density at radius 2 is 2.05 bits per heavy atom. The molecular formula is C15H26N2O3. The molecule has 5 heteroatoms. The van der Waals surface area contributed by atoms with Crippen molar-refractivity contribution in [3.63, 3.8) is 0 Å². The molecule has 0 fully saturated rings. The van der Waals surface area contributed by atoms with Gasteiger partial charge in [0.05, 0.1) is 6.54 Å². The molecule has 0 aromatic carbocycles. The standard InChI is InChI=1S/C15H26N2O3/c1-4-11-17(12-5-2)15(20)16-10-9-13(6-3)7-8-14(18)19/h1,13H,5-12H2,2-3H3,(H,16,20)(H,18,19). The van der Waals surface area contributed by atoms with Crippen LogP contribution in [0.2, 0.25) is 0 Å². The Kier molecular flexibility index (Phi) is 10.2. The van der Waals surface area contributed by atoms with Gasteiger partial charge in [0.2, 0.25) is 0 Å². The first-order valence-corrected chi connectivity index (χ1v) is 7.23. The highest BCUT2D eigenvalue weighted by Gasteiger charge is 2.12. The second kappa shape index (κ2) is 11.2. The number of nitrogens with one attached hydrogen (secondary N) is 1. The molecule has 0 saturated heterocycles. The molecule has 1 atom stereocenters.